The first-order valence-corrected chi connectivity index (χ1v) is 9.25. The van der Waals surface area contributed by atoms with Crippen LogP contribution >= 0.6 is 0 Å². The summed E-state index contributed by atoms with van der Waals surface area (Å²) in [5, 5.41) is 12.2. The van der Waals surface area contributed by atoms with E-state index in [0.717, 1.165) is 11.1 Å². The van der Waals surface area contributed by atoms with E-state index >= 15 is 0 Å². The molecule has 0 N–H and O–H groups in total. The summed E-state index contributed by atoms with van der Waals surface area (Å²) in [7, 11) is 0. The first-order valence-electron chi connectivity index (χ1n) is 9.25. The highest BCUT2D eigenvalue weighted by molar-refractivity contribution is 6.02. The van der Waals surface area contributed by atoms with E-state index in [1.807, 2.05) is 43.3 Å². The fourth-order valence-electron chi connectivity index (χ4n) is 3.30. The average molecular weight is 370 g/mol. The van der Waals surface area contributed by atoms with Gasteiger partial charge in [0.1, 0.15) is 11.5 Å². The lowest BCUT2D eigenvalue weighted by Crippen LogP contribution is -2.22. The lowest BCUT2D eigenvalue weighted by molar-refractivity contribution is -0.254. The molecule has 28 heavy (non-hydrogen) atoms. The summed E-state index contributed by atoms with van der Waals surface area (Å²) in [6.07, 6.45) is 0. The largest absolute Gasteiger partial charge is 0.545 e. The molecule has 2 aromatic carbocycles. The monoisotopic (exact) mass is 370 g/mol. The van der Waals surface area contributed by atoms with Crippen LogP contribution < -0.4 is 5.11 Å². The minimum atomic E-state index is -1.23. The Morgan fingerprint density at radius 3 is 2.36 bits per heavy atom. The van der Waals surface area contributed by atoms with Crippen LogP contribution in [0.3, 0.4) is 0 Å². The van der Waals surface area contributed by atoms with Crippen molar-refractivity contribution in [3.05, 3.63) is 77.4 Å². The van der Waals surface area contributed by atoms with Gasteiger partial charge in [0.05, 0.1) is 11.5 Å². The Morgan fingerprint density at radius 1 is 0.964 bits per heavy atom. The summed E-state index contributed by atoms with van der Waals surface area (Å²) in [5.41, 5.74) is 4.38. The van der Waals surface area contributed by atoms with E-state index in [1.54, 1.807) is 6.07 Å². The number of hydrogen-bond donors (Lipinski definition) is 0. The molecule has 4 aromatic rings. The SMILES string of the molecule is Cc1ccc2nc(-c3ccc(-c4ccc(C(C)C)cc4)o3)cc(C(=O)[O-])c2c1. The van der Waals surface area contributed by atoms with Crippen molar-refractivity contribution in [3.63, 3.8) is 0 Å². The summed E-state index contributed by atoms with van der Waals surface area (Å²) >= 11 is 0. The number of nitrogens with zero attached hydrogens (tertiary/aromatic N) is 1. The molecule has 0 aliphatic rings. The molecule has 0 saturated carbocycles. The molecule has 140 valence electrons. The van der Waals surface area contributed by atoms with Gasteiger partial charge in [0, 0.05) is 16.5 Å². The maximum Gasteiger partial charge on any atom is 0.153 e. The molecule has 0 fully saturated rings. The Hall–Kier alpha value is -3.40. The minimum Gasteiger partial charge on any atom is -0.545 e. The Labute approximate surface area is 163 Å². The van der Waals surface area contributed by atoms with Gasteiger partial charge in [-0.15, -0.1) is 0 Å². The third kappa shape index (κ3) is 3.29. The van der Waals surface area contributed by atoms with Crippen LogP contribution in [0.5, 0.6) is 0 Å². The molecular weight excluding hydrogens is 350 g/mol. The Bertz CT molecular complexity index is 1170. The first-order chi connectivity index (χ1) is 13.4. The number of benzene rings is 2. The van der Waals surface area contributed by atoms with Gasteiger partial charge in [0.15, 0.2) is 5.76 Å². The number of furan rings is 1. The zero-order valence-electron chi connectivity index (χ0n) is 16.0. The fourth-order valence-corrected chi connectivity index (χ4v) is 3.30. The normalized spacial score (nSPS) is 11.3. The number of pyridine rings is 1. The van der Waals surface area contributed by atoms with Gasteiger partial charge in [-0.05, 0) is 48.7 Å². The van der Waals surface area contributed by atoms with E-state index in [4.69, 9.17) is 4.42 Å². The molecule has 0 spiro atoms. The molecule has 0 saturated heterocycles. The predicted octanol–water partition coefficient (Wildman–Crippen LogP) is 4.96. The molecule has 4 heteroatoms. The summed E-state index contributed by atoms with van der Waals surface area (Å²) in [6, 6.07) is 19.0. The summed E-state index contributed by atoms with van der Waals surface area (Å²) in [5.74, 6) is 0.476. The first kappa shape index (κ1) is 18.0. The van der Waals surface area contributed by atoms with Gasteiger partial charge in [-0.1, -0.05) is 49.7 Å². The van der Waals surface area contributed by atoms with Crippen molar-refractivity contribution >= 4 is 16.9 Å². The Kier molecular flexibility index (Phi) is 4.47. The number of carbonyl (C=O) groups is 1. The number of fused-ring (bicyclic) bond motifs is 1. The van der Waals surface area contributed by atoms with Crippen LogP contribution in [0.2, 0.25) is 0 Å². The maximum atomic E-state index is 11.7. The lowest BCUT2D eigenvalue weighted by atomic mass is 10.0. The molecule has 4 rings (SSSR count). The number of carboxylic acid groups (broad SMARTS) is 1. The van der Waals surface area contributed by atoms with Gasteiger partial charge in [0.25, 0.3) is 0 Å². The molecule has 0 aliphatic carbocycles. The maximum absolute atomic E-state index is 11.7. The quantitative estimate of drug-likeness (QED) is 0.509. The summed E-state index contributed by atoms with van der Waals surface area (Å²) in [6.45, 7) is 6.22. The van der Waals surface area contributed by atoms with Gasteiger partial charge < -0.3 is 14.3 Å². The second-order valence-electron chi connectivity index (χ2n) is 7.30. The van der Waals surface area contributed by atoms with Crippen LogP contribution in [0.25, 0.3) is 33.7 Å². The van der Waals surface area contributed by atoms with Crippen LogP contribution in [0, 0.1) is 6.92 Å². The number of carboxylic acids is 1. The molecule has 4 nitrogen and oxygen atoms in total. The molecule has 2 heterocycles. The number of hydrogen-bond acceptors (Lipinski definition) is 4. The van der Waals surface area contributed by atoms with Crippen LogP contribution in [-0.2, 0) is 0 Å². The molecule has 0 radical (unpaired) electrons. The Morgan fingerprint density at radius 2 is 1.68 bits per heavy atom. The highest BCUT2D eigenvalue weighted by Crippen LogP contribution is 2.31. The van der Waals surface area contributed by atoms with E-state index in [9.17, 15) is 9.90 Å². The van der Waals surface area contributed by atoms with Crippen molar-refractivity contribution < 1.29 is 14.3 Å². The van der Waals surface area contributed by atoms with E-state index in [2.05, 4.69) is 31.0 Å². The van der Waals surface area contributed by atoms with Gasteiger partial charge >= 0.3 is 0 Å². The third-order valence-electron chi connectivity index (χ3n) is 4.90. The topological polar surface area (TPSA) is 66.2 Å². The van der Waals surface area contributed by atoms with Gasteiger partial charge in [0.2, 0.25) is 0 Å². The van der Waals surface area contributed by atoms with Crippen LogP contribution in [-0.4, -0.2) is 11.0 Å². The second kappa shape index (κ2) is 6.97. The molecular formula is C24H20NO3-. The van der Waals surface area contributed by atoms with Crippen molar-refractivity contribution in [1.29, 1.82) is 0 Å². The van der Waals surface area contributed by atoms with Crippen molar-refractivity contribution in [3.8, 4) is 22.8 Å². The molecule has 0 amide bonds. The number of rotatable bonds is 4. The average Bonchev–Trinajstić information content (AvgIpc) is 3.17. The molecule has 0 atom stereocenters. The van der Waals surface area contributed by atoms with Gasteiger partial charge in [-0.3, -0.25) is 0 Å². The van der Waals surface area contributed by atoms with Crippen LogP contribution in [0.4, 0.5) is 0 Å². The van der Waals surface area contributed by atoms with E-state index < -0.39 is 5.97 Å². The van der Waals surface area contributed by atoms with Crippen molar-refractivity contribution in [2.45, 2.75) is 26.7 Å². The highest BCUT2D eigenvalue weighted by atomic mass is 16.4. The fraction of sp³-hybridized carbons (Fsp3) is 0.167. The van der Waals surface area contributed by atoms with Gasteiger partial charge in [-0.25, -0.2) is 4.98 Å². The van der Waals surface area contributed by atoms with E-state index in [0.29, 0.717) is 34.0 Å². The molecule has 0 bridgehead atoms. The minimum absolute atomic E-state index is 0.114. The zero-order valence-corrected chi connectivity index (χ0v) is 16.0. The Balaban J connectivity index is 1.77. The number of aryl methyl sites for hydroxylation is 1. The number of carbonyl (C=O) groups excluding carboxylic acids is 1. The van der Waals surface area contributed by atoms with E-state index in [-0.39, 0.29) is 5.56 Å². The molecule has 0 unspecified atom stereocenters. The van der Waals surface area contributed by atoms with Gasteiger partial charge in [-0.2, -0.15) is 0 Å². The number of aromatic nitrogens is 1. The molecule has 2 aromatic heterocycles. The highest BCUT2D eigenvalue weighted by Gasteiger charge is 2.13. The van der Waals surface area contributed by atoms with Crippen LogP contribution in [0.1, 0.15) is 41.3 Å². The molecule has 0 aliphatic heterocycles. The lowest BCUT2D eigenvalue weighted by Gasteiger charge is -2.10. The smallest absolute Gasteiger partial charge is 0.153 e. The predicted molar refractivity (Wildman–Crippen MR) is 108 cm³/mol. The van der Waals surface area contributed by atoms with Crippen LogP contribution in [0.15, 0.2) is 65.1 Å². The second-order valence-corrected chi connectivity index (χ2v) is 7.30. The zero-order chi connectivity index (χ0) is 19.8. The number of aromatic carboxylic acids is 1. The summed E-state index contributed by atoms with van der Waals surface area (Å²) in [4.78, 5) is 16.2. The third-order valence-corrected chi connectivity index (χ3v) is 4.90. The van der Waals surface area contributed by atoms with Crippen molar-refractivity contribution in [2.75, 3.05) is 0 Å². The van der Waals surface area contributed by atoms with Crippen molar-refractivity contribution in [1.82, 2.24) is 4.98 Å². The van der Waals surface area contributed by atoms with E-state index in [1.165, 1.54) is 11.6 Å². The summed E-state index contributed by atoms with van der Waals surface area (Å²) < 4.78 is 5.99. The standard InChI is InChI=1S/C24H21NO3/c1-14(2)16-5-7-17(8-6-16)22-10-11-23(28-22)21-13-19(24(26)27)18-12-15(3)4-9-20(18)25-21/h4-14H,1-3H3,(H,26,27)/p-1. The van der Waals surface area contributed by atoms with Crippen molar-refractivity contribution in [2.24, 2.45) is 0 Å².